The summed E-state index contributed by atoms with van der Waals surface area (Å²) >= 11 is 1.73. The zero-order valence-electron chi connectivity index (χ0n) is 12.8. The predicted molar refractivity (Wildman–Crippen MR) is 87.0 cm³/mol. The molecule has 5 heteroatoms. The lowest BCUT2D eigenvalue weighted by molar-refractivity contribution is -0.120. The summed E-state index contributed by atoms with van der Waals surface area (Å²) in [4.78, 5) is 14.7. The van der Waals surface area contributed by atoms with E-state index in [1.807, 2.05) is 12.1 Å². The predicted octanol–water partition coefficient (Wildman–Crippen LogP) is 2.39. The SMILES string of the molecule is CSc1ccc(OCCN2CCCC(NC(C)=O)C2)cc1. The van der Waals surface area contributed by atoms with Gasteiger partial charge in [-0.15, -0.1) is 11.8 Å². The Labute approximate surface area is 131 Å². The molecule has 116 valence electrons. The highest BCUT2D eigenvalue weighted by Gasteiger charge is 2.19. The lowest BCUT2D eigenvalue weighted by Gasteiger charge is -2.32. The van der Waals surface area contributed by atoms with Gasteiger partial charge in [0.15, 0.2) is 0 Å². The second-order valence-corrected chi connectivity index (χ2v) is 6.24. The Kier molecular flexibility index (Phi) is 6.39. The molecule has 2 rings (SSSR count). The fraction of sp³-hybridized carbons (Fsp3) is 0.562. The fourth-order valence-corrected chi connectivity index (χ4v) is 3.04. The Morgan fingerprint density at radius 2 is 2.19 bits per heavy atom. The molecule has 1 aromatic rings. The maximum atomic E-state index is 11.1. The highest BCUT2D eigenvalue weighted by atomic mass is 32.2. The Bertz CT molecular complexity index is 450. The van der Waals surface area contributed by atoms with Crippen LogP contribution in [0.3, 0.4) is 0 Å². The number of hydrogen-bond acceptors (Lipinski definition) is 4. The van der Waals surface area contributed by atoms with Gasteiger partial charge in [0.1, 0.15) is 12.4 Å². The third kappa shape index (κ3) is 5.59. The number of piperidine rings is 1. The van der Waals surface area contributed by atoms with E-state index < -0.39 is 0 Å². The number of carbonyl (C=O) groups excluding carboxylic acids is 1. The molecule has 0 aromatic heterocycles. The smallest absolute Gasteiger partial charge is 0.217 e. The van der Waals surface area contributed by atoms with Crippen molar-refractivity contribution in [3.05, 3.63) is 24.3 Å². The normalized spacial score (nSPS) is 19.2. The van der Waals surface area contributed by atoms with E-state index in [1.165, 1.54) is 4.90 Å². The number of nitrogens with one attached hydrogen (secondary N) is 1. The lowest BCUT2D eigenvalue weighted by atomic mass is 10.1. The summed E-state index contributed by atoms with van der Waals surface area (Å²) < 4.78 is 5.79. The van der Waals surface area contributed by atoms with Crippen LogP contribution in [0.1, 0.15) is 19.8 Å². The molecule has 0 saturated carbocycles. The maximum absolute atomic E-state index is 11.1. The van der Waals surface area contributed by atoms with Crippen LogP contribution in [-0.4, -0.2) is 49.3 Å². The minimum Gasteiger partial charge on any atom is -0.492 e. The number of ether oxygens (including phenoxy) is 1. The van der Waals surface area contributed by atoms with Crippen LogP contribution < -0.4 is 10.1 Å². The van der Waals surface area contributed by atoms with Crippen LogP contribution in [0, 0.1) is 0 Å². The number of rotatable bonds is 6. The summed E-state index contributed by atoms with van der Waals surface area (Å²) in [7, 11) is 0. The first kappa shape index (κ1) is 16.2. The molecule has 1 saturated heterocycles. The topological polar surface area (TPSA) is 41.6 Å². The third-order valence-corrected chi connectivity index (χ3v) is 4.39. The quantitative estimate of drug-likeness (QED) is 0.819. The van der Waals surface area contributed by atoms with Gasteiger partial charge in [0.05, 0.1) is 0 Å². The van der Waals surface area contributed by atoms with E-state index in [4.69, 9.17) is 4.74 Å². The van der Waals surface area contributed by atoms with Crippen molar-refractivity contribution in [3.63, 3.8) is 0 Å². The Morgan fingerprint density at radius 3 is 2.86 bits per heavy atom. The number of nitrogens with zero attached hydrogens (tertiary/aromatic N) is 1. The molecule has 1 heterocycles. The zero-order chi connectivity index (χ0) is 15.1. The van der Waals surface area contributed by atoms with Crippen LogP contribution in [0.25, 0.3) is 0 Å². The molecule has 21 heavy (non-hydrogen) atoms. The molecule has 1 aliphatic rings. The van der Waals surface area contributed by atoms with Crippen molar-refractivity contribution in [1.29, 1.82) is 0 Å². The average molecular weight is 308 g/mol. The molecular weight excluding hydrogens is 284 g/mol. The minimum atomic E-state index is 0.0620. The number of likely N-dealkylation sites (tertiary alicyclic amines) is 1. The highest BCUT2D eigenvalue weighted by molar-refractivity contribution is 7.98. The van der Waals surface area contributed by atoms with E-state index >= 15 is 0 Å². The van der Waals surface area contributed by atoms with Crippen LogP contribution in [0.5, 0.6) is 5.75 Å². The van der Waals surface area contributed by atoms with Gasteiger partial charge in [0, 0.05) is 31.0 Å². The molecule has 0 aliphatic carbocycles. The van der Waals surface area contributed by atoms with Crippen LogP contribution in [0.2, 0.25) is 0 Å². The molecule has 0 spiro atoms. The van der Waals surface area contributed by atoms with Gasteiger partial charge in [-0.1, -0.05) is 0 Å². The summed E-state index contributed by atoms with van der Waals surface area (Å²) in [6.07, 6.45) is 4.28. The zero-order valence-corrected chi connectivity index (χ0v) is 13.6. The van der Waals surface area contributed by atoms with Crippen LogP contribution >= 0.6 is 11.8 Å². The lowest BCUT2D eigenvalue weighted by Crippen LogP contribution is -2.48. The second kappa shape index (κ2) is 8.29. The number of benzene rings is 1. The van der Waals surface area contributed by atoms with Crippen LogP contribution in [0.15, 0.2) is 29.2 Å². The maximum Gasteiger partial charge on any atom is 0.217 e. The molecule has 1 N–H and O–H groups in total. The number of carbonyl (C=O) groups is 1. The molecule has 0 bridgehead atoms. The van der Waals surface area contributed by atoms with Gasteiger partial charge in [0.2, 0.25) is 5.91 Å². The first-order chi connectivity index (χ1) is 10.2. The molecular formula is C16H24N2O2S. The minimum absolute atomic E-state index is 0.0620. The van der Waals surface area contributed by atoms with E-state index in [0.717, 1.165) is 38.2 Å². The number of amides is 1. The van der Waals surface area contributed by atoms with Crippen molar-refractivity contribution in [2.45, 2.75) is 30.7 Å². The second-order valence-electron chi connectivity index (χ2n) is 5.36. The van der Waals surface area contributed by atoms with Crippen molar-refractivity contribution >= 4 is 17.7 Å². The van der Waals surface area contributed by atoms with Crippen molar-refractivity contribution in [1.82, 2.24) is 10.2 Å². The van der Waals surface area contributed by atoms with Gasteiger partial charge in [-0.2, -0.15) is 0 Å². The van der Waals surface area contributed by atoms with E-state index in [9.17, 15) is 4.79 Å². The van der Waals surface area contributed by atoms with Crippen molar-refractivity contribution in [2.75, 3.05) is 32.5 Å². The van der Waals surface area contributed by atoms with Gasteiger partial charge < -0.3 is 10.1 Å². The summed E-state index contributed by atoms with van der Waals surface area (Å²) in [5.41, 5.74) is 0. The fourth-order valence-electron chi connectivity index (χ4n) is 2.63. The molecule has 4 nitrogen and oxygen atoms in total. The molecule has 1 amide bonds. The summed E-state index contributed by atoms with van der Waals surface area (Å²) in [5, 5.41) is 3.01. The molecule has 1 unspecified atom stereocenters. The van der Waals surface area contributed by atoms with Crippen molar-refractivity contribution in [3.8, 4) is 5.75 Å². The third-order valence-electron chi connectivity index (χ3n) is 3.65. The average Bonchev–Trinajstić information content (AvgIpc) is 2.48. The first-order valence-electron chi connectivity index (χ1n) is 7.43. The number of hydrogen-bond donors (Lipinski definition) is 1. The van der Waals surface area contributed by atoms with Crippen LogP contribution in [-0.2, 0) is 4.79 Å². The Morgan fingerprint density at radius 1 is 1.43 bits per heavy atom. The van der Waals surface area contributed by atoms with Gasteiger partial charge >= 0.3 is 0 Å². The Balaban J connectivity index is 1.71. The van der Waals surface area contributed by atoms with E-state index in [2.05, 4.69) is 28.6 Å². The monoisotopic (exact) mass is 308 g/mol. The van der Waals surface area contributed by atoms with E-state index in [0.29, 0.717) is 6.61 Å². The van der Waals surface area contributed by atoms with Gasteiger partial charge in [0.25, 0.3) is 0 Å². The van der Waals surface area contributed by atoms with E-state index in [1.54, 1.807) is 18.7 Å². The first-order valence-corrected chi connectivity index (χ1v) is 8.66. The van der Waals surface area contributed by atoms with Crippen molar-refractivity contribution < 1.29 is 9.53 Å². The van der Waals surface area contributed by atoms with Gasteiger partial charge in [-0.25, -0.2) is 0 Å². The van der Waals surface area contributed by atoms with Crippen LogP contribution in [0.4, 0.5) is 0 Å². The molecule has 1 fully saturated rings. The molecule has 1 aromatic carbocycles. The van der Waals surface area contributed by atoms with Gasteiger partial charge in [-0.3, -0.25) is 9.69 Å². The van der Waals surface area contributed by atoms with E-state index in [-0.39, 0.29) is 11.9 Å². The molecule has 1 aliphatic heterocycles. The number of thioether (sulfide) groups is 1. The largest absolute Gasteiger partial charge is 0.492 e. The van der Waals surface area contributed by atoms with Gasteiger partial charge in [-0.05, 0) is 49.9 Å². The summed E-state index contributed by atoms with van der Waals surface area (Å²) in [5.74, 6) is 0.982. The highest BCUT2D eigenvalue weighted by Crippen LogP contribution is 2.19. The Hall–Kier alpha value is -1.20. The van der Waals surface area contributed by atoms with Crippen molar-refractivity contribution in [2.24, 2.45) is 0 Å². The summed E-state index contributed by atoms with van der Waals surface area (Å²) in [6.45, 7) is 5.19. The summed E-state index contributed by atoms with van der Waals surface area (Å²) in [6, 6.07) is 8.48. The molecule has 0 radical (unpaired) electrons. The molecule has 1 atom stereocenters. The standard InChI is InChI=1S/C16H24N2O2S/c1-13(19)17-14-4-3-9-18(12-14)10-11-20-15-5-7-16(21-2)8-6-15/h5-8,14H,3-4,9-12H2,1-2H3,(H,17,19).